The summed E-state index contributed by atoms with van der Waals surface area (Å²) in [5, 5.41) is 3.55. The number of rotatable bonds is 2. The van der Waals surface area contributed by atoms with Crippen LogP contribution in [0.2, 0.25) is 0 Å². The first-order valence-electron chi connectivity index (χ1n) is 3.81. The third kappa shape index (κ3) is 3.29. The van der Waals surface area contributed by atoms with Gasteiger partial charge in [0, 0.05) is 4.62 Å². The molecule has 0 N–H and O–H groups in total. The Hall–Kier alpha value is -0.0526. The predicted octanol–water partition coefficient (Wildman–Crippen LogP) is 1.73. The first kappa shape index (κ1) is 11.0. The van der Waals surface area contributed by atoms with Crippen molar-refractivity contribution in [2.75, 3.05) is 0 Å². The van der Waals surface area contributed by atoms with Crippen LogP contribution in [0.3, 0.4) is 0 Å². The van der Waals surface area contributed by atoms with E-state index < -0.39 is 0 Å². The summed E-state index contributed by atoms with van der Waals surface area (Å²) < 4.78 is 1.46. The van der Waals surface area contributed by atoms with Crippen molar-refractivity contribution in [3.63, 3.8) is 0 Å². The third-order valence-electron chi connectivity index (χ3n) is 1.56. The van der Waals surface area contributed by atoms with Crippen LogP contribution in [0, 0.1) is 0 Å². The molecule has 0 aliphatic heterocycles. The Morgan fingerprint density at radius 1 is 0.923 bits per heavy atom. The Bertz CT molecular complexity index is 331. The van der Waals surface area contributed by atoms with Crippen molar-refractivity contribution in [2.24, 2.45) is 0 Å². The molecule has 0 amide bonds. The number of hydrogen-bond donors (Lipinski definition) is 0. The van der Waals surface area contributed by atoms with Crippen molar-refractivity contribution >= 4 is 48.7 Å². The molecule has 3 heteroatoms. The third-order valence-corrected chi connectivity index (χ3v) is 3.94. The van der Waals surface area contributed by atoms with Crippen molar-refractivity contribution in [1.29, 1.82) is 0 Å². The SMILES string of the molecule is [LiH].c1ccc(Pc2cccs2)cc1. The zero-order valence-electron chi connectivity index (χ0n) is 6.53. The molecular formula is C10H10LiPS. The van der Waals surface area contributed by atoms with E-state index in [-0.39, 0.29) is 18.9 Å². The van der Waals surface area contributed by atoms with Crippen LogP contribution in [0.25, 0.3) is 0 Å². The Morgan fingerprint density at radius 2 is 1.69 bits per heavy atom. The van der Waals surface area contributed by atoms with Crippen LogP contribution >= 0.6 is 19.9 Å². The van der Waals surface area contributed by atoms with Gasteiger partial charge in [-0.15, -0.1) is 11.3 Å². The molecule has 0 aliphatic rings. The summed E-state index contributed by atoms with van der Waals surface area (Å²) >= 11 is 1.83. The van der Waals surface area contributed by atoms with Crippen LogP contribution in [-0.4, -0.2) is 18.9 Å². The van der Waals surface area contributed by atoms with E-state index in [9.17, 15) is 0 Å². The largest absolute Gasteiger partial charge is 0.144 e. The molecule has 2 aromatic rings. The normalized spacial score (nSPS) is 10.2. The average Bonchev–Trinajstić information content (AvgIpc) is 2.59. The molecule has 0 saturated carbocycles. The first-order chi connectivity index (χ1) is 5.95. The Morgan fingerprint density at radius 3 is 2.31 bits per heavy atom. The summed E-state index contributed by atoms with van der Waals surface area (Å²) in [6.07, 6.45) is 0. The fourth-order valence-electron chi connectivity index (χ4n) is 1.01. The van der Waals surface area contributed by atoms with Crippen molar-refractivity contribution in [1.82, 2.24) is 0 Å². The van der Waals surface area contributed by atoms with E-state index in [1.54, 1.807) is 0 Å². The minimum Gasteiger partial charge on any atom is -0.144 e. The number of hydrogen-bond acceptors (Lipinski definition) is 1. The Balaban J connectivity index is 0.000000845. The van der Waals surface area contributed by atoms with Gasteiger partial charge in [0.2, 0.25) is 0 Å². The summed E-state index contributed by atoms with van der Waals surface area (Å²) in [5.41, 5.74) is 0. The molecule has 1 atom stereocenters. The second-order valence-corrected chi connectivity index (χ2v) is 5.14. The summed E-state index contributed by atoms with van der Waals surface area (Å²) in [5.74, 6) is 0. The van der Waals surface area contributed by atoms with Gasteiger partial charge in [-0.25, -0.2) is 0 Å². The van der Waals surface area contributed by atoms with Crippen molar-refractivity contribution in [2.45, 2.75) is 0 Å². The molecule has 2 rings (SSSR count). The van der Waals surface area contributed by atoms with Gasteiger partial charge in [0.05, 0.1) is 0 Å². The molecule has 0 nitrogen and oxygen atoms in total. The van der Waals surface area contributed by atoms with Crippen LogP contribution < -0.4 is 9.92 Å². The fraction of sp³-hybridized carbons (Fsp3) is 0. The van der Waals surface area contributed by atoms with Gasteiger partial charge >= 0.3 is 18.9 Å². The van der Waals surface area contributed by atoms with Crippen LogP contribution in [0.5, 0.6) is 0 Å². The standard InChI is InChI=1S/C10H9PS.Li.H/c1-2-5-9(6-3-1)11-10-7-4-8-12-10;;/h1-8,11H;;. The summed E-state index contributed by atoms with van der Waals surface area (Å²) in [7, 11) is 0.820. The quantitative estimate of drug-likeness (QED) is 0.511. The zero-order valence-corrected chi connectivity index (χ0v) is 8.34. The van der Waals surface area contributed by atoms with Crippen LogP contribution in [-0.2, 0) is 0 Å². The molecule has 0 saturated heterocycles. The number of benzene rings is 1. The molecule has 0 spiro atoms. The van der Waals surface area contributed by atoms with Gasteiger partial charge in [0.15, 0.2) is 0 Å². The predicted molar refractivity (Wildman–Crippen MR) is 65.5 cm³/mol. The van der Waals surface area contributed by atoms with E-state index in [2.05, 4.69) is 47.8 Å². The molecular weight excluding hydrogens is 190 g/mol. The molecule has 0 bridgehead atoms. The van der Waals surface area contributed by atoms with E-state index in [1.807, 2.05) is 11.3 Å². The maximum Gasteiger partial charge on any atom is 0.0292 e. The Kier molecular flexibility index (Phi) is 4.77. The monoisotopic (exact) mass is 200 g/mol. The fourth-order valence-corrected chi connectivity index (χ4v) is 3.09. The summed E-state index contributed by atoms with van der Waals surface area (Å²) in [4.78, 5) is 0. The van der Waals surface area contributed by atoms with Crippen LogP contribution in [0.15, 0.2) is 47.8 Å². The van der Waals surface area contributed by atoms with Crippen LogP contribution in [0.4, 0.5) is 0 Å². The second kappa shape index (κ2) is 5.63. The first-order valence-corrected chi connectivity index (χ1v) is 5.69. The molecule has 1 aromatic carbocycles. The molecule has 0 aliphatic carbocycles. The average molecular weight is 200 g/mol. The van der Waals surface area contributed by atoms with Gasteiger partial charge in [-0.3, -0.25) is 0 Å². The molecule has 1 aromatic heterocycles. The molecule has 62 valence electrons. The smallest absolute Gasteiger partial charge is 0.0292 e. The Labute approximate surface area is 96.3 Å². The molecule has 13 heavy (non-hydrogen) atoms. The van der Waals surface area contributed by atoms with E-state index >= 15 is 0 Å². The molecule has 1 heterocycles. The topological polar surface area (TPSA) is 0 Å². The van der Waals surface area contributed by atoms with Gasteiger partial charge in [-0.1, -0.05) is 36.4 Å². The maximum absolute atomic E-state index is 2.19. The number of thiophene rings is 1. The van der Waals surface area contributed by atoms with Gasteiger partial charge in [-0.2, -0.15) is 0 Å². The van der Waals surface area contributed by atoms with E-state index in [1.165, 1.54) is 9.92 Å². The van der Waals surface area contributed by atoms with Crippen LogP contribution in [0.1, 0.15) is 0 Å². The second-order valence-electron chi connectivity index (χ2n) is 2.47. The molecule has 0 fully saturated rings. The molecule has 0 radical (unpaired) electrons. The van der Waals surface area contributed by atoms with Crippen molar-refractivity contribution in [3.8, 4) is 0 Å². The van der Waals surface area contributed by atoms with Crippen molar-refractivity contribution < 1.29 is 0 Å². The van der Waals surface area contributed by atoms with Gasteiger partial charge in [-0.05, 0) is 25.3 Å². The van der Waals surface area contributed by atoms with Crippen molar-refractivity contribution in [3.05, 3.63) is 47.8 Å². The van der Waals surface area contributed by atoms with E-state index in [0.717, 1.165) is 8.58 Å². The molecule has 1 unspecified atom stereocenters. The van der Waals surface area contributed by atoms with E-state index in [0.29, 0.717) is 0 Å². The minimum absolute atomic E-state index is 0. The van der Waals surface area contributed by atoms with Gasteiger partial charge in [0.25, 0.3) is 0 Å². The summed E-state index contributed by atoms with van der Waals surface area (Å²) in [6, 6.07) is 14.9. The summed E-state index contributed by atoms with van der Waals surface area (Å²) in [6.45, 7) is 0. The minimum atomic E-state index is 0. The van der Waals surface area contributed by atoms with Gasteiger partial charge in [0.1, 0.15) is 0 Å². The maximum atomic E-state index is 2.19. The van der Waals surface area contributed by atoms with Gasteiger partial charge < -0.3 is 0 Å². The zero-order chi connectivity index (χ0) is 8.23. The van der Waals surface area contributed by atoms with E-state index in [4.69, 9.17) is 0 Å².